The number of carboxylic acid groups (broad SMARTS) is 1. The summed E-state index contributed by atoms with van der Waals surface area (Å²) in [4.78, 5) is 11.2. The topological polar surface area (TPSA) is 63.3 Å². The van der Waals surface area contributed by atoms with Gasteiger partial charge in [0.05, 0.1) is 11.6 Å². The minimum atomic E-state index is -0.744. The van der Waals surface area contributed by atoms with Gasteiger partial charge in [-0.1, -0.05) is 12.1 Å². The highest BCUT2D eigenvalue weighted by Gasteiger charge is 2.43. The first-order valence-corrected chi connectivity index (χ1v) is 5.39. The van der Waals surface area contributed by atoms with Crippen molar-refractivity contribution in [2.45, 2.75) is 38.0 Å². The Hall–Kier alpha value is -1.32. The molecule has 15 heavy (non-hydrogen) atoms. The second kappa shape index (κ2) is 2.84. The van der Waals surface area contributed by atoms with E-state index < -0.39 is 11.9 Å². The van der Waals surface area contributed by atoms with E-state index in [1.165, 1.54) is 0 Å². The van der Waals surface area contributed by atoms with Crippen LogP contribution in [-0.4, -0.2) is 16.2 Å². The lowest BCUT2D eigenvalue weighted by atomic mass is 9.92. The van der Waals surface area contributed by atoms with Crippen LogP contribution in [0.4, 0.5) is 0 Å². The summed E-state index contributed by atoms with van der Waals surface area (Å²) in [6, 6.07) is 0. The lowest BCUT2D eigenvalue weighted by Gasteiger charge is -2.10. The summed E-state index contributed by atoms with van der Waals surface area (Å²) < 4.78 is 5.25. The van der Waals surface area contributed by atoms with Gasteiger partial charge in [-0.3, -0.25) is 4.79 Å². The number of aromatic nitrogens is 1. The van der Waals surface area contributed by atoms with Crippen molar-refractivity contribution >= 4 is 5.97 Å². The van der Waals surface area contributed by atoms with Gasteiger partial charge in [0.25, 0.3) is 0 Å². The number of fused-ring (bicyclic) bond motifs is 1. The first kappa shape index (κ1) is 8.95. The Labute approximate surface area is 87.3 Å². The Bertz CT molecular complexity index is 419. The van der Waals surface area contributed by atoms with Crippen LogP contribution in [-0.2, 0) is 11.2 Å². The minimum Gasteiger partial charge on any atom is -0.481 e. The molecule has 2 aliphatic carbocycles. The van der Waals surface area contributed by atoms with Gasteiger partial charge in [0, 0.05) is 17.9 Å². The summed E-state index contributed by atoms with van der Waals surface area (Å²) in [7, 11) is 0. The molecule has 1 aromatic rings. The molecule has 1 heterocycles. The van der Waals surface area contributed by atoms with Crippen molar-refractivity contribution < 1.29 is 14.4 Å². The van der Waals surface area contributed by atoms with Crippen LogP contribution in [0.25, 0.3) is 0 Å². The highest BCUT2D eigenvalue weighted by molar-refractivity contribution is 5.78. The number of aliphatic carboxylic acids is 1. The SMILES string of the molecule is CC1Cc2onc(C3CC3)c2C1C(=O)O. The third-order valence-corrected chi connectivity index (χ3v) is 3.45. The van der Waals surface area contributed by atoms with Gasteiger partial charge in [-0.05, 0) is 18.8 Å². The molecule has 0 radical (unpaired) electrons. The molecule has 0 bridgehead atoms. The van der Waals surface area contributed by atoms with Gasteiger partial charge in [-0.2, -0.15) is 0 Å². The summed E-state index contributed by atoms with van der Waals surface area (Å²) >= 11 is 0. The van der Waals surface area contributed by atoms with E-state index in [0.717, 1.165) is 29.9 Å². The molecule has 1 saturated carbocycles. The third kappa shape index (κ3) is 1.20. The van der Waals surface area contributed by atoms with E-state index in [9.17, 15) is 9.90 Å². The second-order valence-corrected chi connectivity index (χ2v) is 4.68. The van der Waals surface area contributed by atoms with Crippen LogP contribution in [0, 0.1) is 5.92 Å². The van der Waals surface area contributed by atoms with Gasteiger partial charge in [-0.25, -0.2) is 0 Å². The van der Waals surface area contributed by atoms with Crippen LogP contribution < -0.4 is 0 Å². The van der Waals surface area contributed by atoms with E-state index in [2.05, 4.69) is 5.16 Å². The molecular weight excluding hydrogens is 194 g/mol. The Balaban J connectivity index is 2.07. The maximum absolute atomic E-state index is 11.2. The zero-order chi connectivity index (χ0) is 10.6. The maximum Gasteiger partial charge on any atom is 0.311 e. The largest absolute Gasteiger partial charge is 0.481 e. The molecule has 1 fully saturated rings. The van der Waals surface area contributed by atoms with E-state index in [1.807, 2.05) is 6.92 Å². The van der Waals surface area contributed by atoms with E-state index >= 15 is 0 Å². The number of carboxylic acids is 1. The molecule has 0 aromatic carbocycles. The van der Waals surface area contributed by atoms with Gasteiger partial charge in [0.2, 0.25) is 0 Å². The summed E-state index contributed by atoms with van der Waals surface area (Å²) in [5.74, 6) is 0.256. The van der Waals surface area contributed by atoms with Crippen LogP contribution in [0.2, 0.25) is 0 Å². The monoisotopic (exact) mass is 207 g/mol. The summed E-state index contributed by atoms with van der Waals surface area (Å²) in [6.07, 6.45) is 2.96. The Kier molecular flexibility index (Phi) is 1.69. The van der Waals surface area contributed by atoms with Gasteiger partial charge < -0.3 is 9.63 Å². The standard InChI is InChI=1S/C11H13NO3/c1-5-4-7-9(8(5)11(13)14)10(12-15-7)6-2-3-6/h5-6,8H,2-4H2,1H3,(H,13,14). The van der Waals surface area contributed by atoms with Crippen molar-refractivity contribution in [2.75, 3.05) is 0 Å². The Morgan fingerprint density at radius 2 is 2.27 bits per heavy atom. The average Bonchev–Trinajstić information content (AvgIpc) is 2.83. The zero-order valence-corrected chi connectivity index (χ0v) is 8.56. The molecule has 4 nitrogen and oxygen atoms in total. The first-order valence-electron chi connectivity index (χ1n) is 5.39. The van der Waals surface area contributed by atoms with Crippen LogP contribution >= 0.6 is 0 Å². The predicted octanol–water partition coefficient (Wildman–Crippen LogP) is 1.91. The van der Waals surface area contributed by atoms with Gasteiger partial charge in [-0.15, -0.1) is 0 Å². The summed E-state index contributed by atoms with van der Waals surface area (Å²) in [6.45, 7) is 1.96. The van der Waals surface area contributed by atoms with Crippen molar-refractivity contribution in [3.8, 4) is 0 Å². The average molecular weight is 207 g/mol. The summed E-state index contributed by atoms with van der Waals surface area (Å²) in [5.41, 5.74) is 1.80. The molecule has 1 aromatic heterocycles. The number of nitrogens with zero attached hydrogens (tertiary/aromatic N) is 1. The fourth-order valence-corrected chi connectivity index (χ4v) is 2.54. The second-order valence-electron chi connectivity index (χ2n) is 4.68. The van der Waals surface area contributed by atoms with Crippen molar-refractivity contribution in [3.63, 3.8) is 0 Å². The van der Waals surface area contributed by atoms with Crippen molar-refractivity contribution in [1.82, 2.24) is 5.16 Å². The smallest absolute Gasteiger partial charge is 0.311 e. The molecular formula is C11H13NO3. The fraction of sp³-hybridized carbons (Fsp3) is 0.636. The normalized spacial score (nSPS) is 29.1. The van der Waals surface area contributed by atoms with Crippen LogP contribution in [0.3, 0.4) is 0 Å². The fourth-order valence-electron chi connectivity index (χ4n) is 2.54. The molecule has 80 valence electrons. The van der Waals surface area contributed by atoms with E-state index in [0.29, 0.717) is 12.3 Å². The quantitative estimate of drug-likeness (QED) is 0.804. The van der Waals surface area contributed by atoms with Crippen LogP contribution in [0.1, 0.15) is 48.6 Å². The van der Waals surface area contributed by atoms with Gasteiger partial charge in [0.15, 0.2) is 0 Å². The molecule has 2 aliphatic rings. The number of hydrogen-bond donors (Lipinski definition) is 1. The Morgan fingerprint density at radius 1 is 1.53 bits per heavy atom. The van der Waals surface area contributed by atoms with Crippen LogP contribution in [0.5, 0.6) is 0 Å². The van der Waals surface area contributed by atoms with E-state index in [1.54, 1.807) is 0 Å². The zero-order valence-electron chi connectivity index (χ0n) is 8.56. The molecule has 0 saturated heterocycles. The molecule has 2 unspecified atom stereocenters. The Morgan fingerprint density at radius 3 is 2.87 bits per heavy atom. The minimum absolute atomic E-state index is 0.136. The lowest BCUT2D eigenvalue weighted by molar-refractivity contribution is -0.139. The van der Waals surface area contributed by atoms with E-state index in [4.69, 9.17) is 4.52 Å². The number of carbonyl (C=O) groups is 1. The third-order valence-electron chi connectivity index (χ3n) is 3.45. The summed E-state index contributed by atoms with van der Waals surface area (Å²) in [5, 5.41) is 13.2. The molecule has 2 atom stereocenters. The number of rotatable bonds is 2. The van der Waals surface area contributed by atoms with Crippen molar-refractivity contribution in [1.29, 1.82) is 0 Å². The van der Waals surface area contributed by atoms with Gasteiger partial charge >= 0.3 is 5.97 Å². The molecule has 4 heteroatoms. The predicted molar refractivity (Wildman–Crippen MR) is 51.7 cm³/mol. The van der Waals surface area contributed by atoms with Crippen molar-refractivity contribution in [3.05, 3.63) is 17.0 Å². The maximum atomic E-state index is 11.2. The highest BCUT2D eigenvalue weighted by Crippen LogP contribution is 2.48. The molecule has 0 aliphatic heterocycles. The van der Waals surface area contributed by atoms with Gasteiger partial charge in [0.1, 0.15) is 5.76 Å². The van der Waals surface area contributed by atoms with Crippen LogP contribution in [0.15, 0.2) is 4.52 Å². The number of hydrogen-bond acceptors (Lipinski definition) is 3. The molecule has 0 amide bonds. The highest BCUT2D eigenvalue weighted by atomic mass is 16.5. The van der Waals surface area contributed by atoms with E-state index in [-0.39, 0.29) is 5.92 Å². The molecule has 1 N–H and O–H groups in total. The first-order chi connectivity index (χ1) is 7.18. The molecule has 0 spiro atoms. The lowest BCUT2D eigenvalue weighted by Crippen LogP contribution is -2.16. The molecule has 3 rings (SSSR count). The van der Waals surface area contributed by atoms with Crippen molar-refractivity contribution in [2.24, 2.45) is 5.92 Å².